The highest BCUT2D eigenvalue weighted by Gasteiger charge is 2.45. The molecule has 6 heterocycles. The first-order valence-corrected chi connectivity index (χ1v) is 15.6. The summed E-state index contributed by atoms with van der Waals surface area (Å²) < 4.78 is 23.9. The number of thiophene rings is 1. The predicted octanol–water partition coefficient (Wildman–Crippen LogP) is 5.17. The van der Waals surface area contributed by atoms with Gasteiger partial charge in [-0.15, -0.1) is 11.3 Å². The molecular weight excluding hydrogens is 565 g/mol. The Labute approximate surface area is 253 Å². The number of piperazine rings is 1. The van der Waals surface area contributed by atoms with Gasteiger partial charge in [-0.1, -0.05) is 18.7 Å². The van der Waals surface area contributed by atoms with E-state index in [0.29, 0.717) is 43.0 Å². The number of benzene rings is 1. The van der Waals surface area contributed by atoms with Crippen LogP contribution in [0.25, 0.3) is 32.2 Å². The third kappa shape index (κ3) is 4.79. The molecule has 1 atom stereocenters. The van der Waals surface area contributed by atoms with E-state index in [4.69, 9.17) is 9.72 Å². The van der Waals surface area contributed by atoms with Crippen molar-refractivity contribution in [2.75, 3.05) is 44.2 Å². The lowest BCUT2D eigenvalue weighted by Crippen LogP contribution is -2.55. The summed E-state index contributed by atoms with van der Waals surface area (Å²) in [6, 6.07) is 9.74. The number of rotatable bonds is 7. The van der Waals surface area contributed by atoms with Crippen molar-refractivity contribution in [3.63, 3.8) is 0 Å². The molecule has 0 aliphatic carbocycles. The van der Waals surface area contributed by atoms with E-state index in [-0.39, 0.29) is 41.1 Å². The number of fused-ring (bicyclic) bond motifs is 3. The molecule has 1 amide bonds. The topological polar surface area (TPSA) is 98.5 Å². The van der Waals surface area contributed by atoms with Crippen molar-refractivity contribution in [1.82, 2.24) is 24.8 Å². The fraction of sp³-hybridized carbons (Fsp3) is 0.406. The van der Waals surface area contributed by atoms with E-state index in [1.165, 1.54) is 6.08 Å². The van der Waals surface area contributed by atoms with E-state index in [0.717, 1.165) is 48.9 Å². The number of ether oxygens (including phenoxy) is 1. The Bertz CT molecular complexity index is 1760. The second-order valence-corrected chi connectivity index (χ2v) is 12.5. The molecule has 0 bridgehead atoms. The minimum atomic E-state index is -0.528. The highest BCUT2D eigenvalue weighted by Crippen LogP contribution is 2.40. The Hall–Kier alpha value is -4.14. The quantitative estimate of drug-likeness (QED) is 0.269. The van der Waals surface area contributed by atoms with Crippen molar-refractivity contribution in [1.29, 1.82) is 5.26 Å². The zero-order valence-corrected chi connectivity index (χ0v) is 24.7. The van der Waals surface area contributed by atoms with Crippen LogP contribution in [0, 0.1) is 17.1 Å². The lowest BCUT2D eigenvalue weighted by molar-refractivity contribution is -0.128. The minimum Gasteiger partial charge on any atom is -0.461 e. The monoisotopic (exact) mass is 597 g/mol. The molecule has 43 heavy (non-hydrogen) atoms. The molecule has 3 aliphatic heterocycles. The van der Waals surface area contributed by atoms with E-state index < -0.39 is 5.82 Å². The maximum atomic E-state index is 16.5. The van der Waals surface area contributed by atoms with Crippen molar-refractivity contribution in [3.05, 3.63) is 54.3 Å². The van der Waals surface area contributed by atoms with Gasteiger partial charge < -0.3 is 14.5 Å². The van der Waals surface area contributed by atoms with Gasteiger partial charge in [-0.3, -0.25) is 14.7 Å². The maximum absolute atomic E-state index is 16.5. The van der Waals surface area contributed by atoms with Crippen LogP contribution in [0.3, 0.4) is 0 Å². The molecule has 3 aromatic heterocycles. The first-order chi connectivity index (χ1) is 21.0. The molecule has 3 aliphatic rings. The molecule has 3 saturated heterocycles. The van der Waals surface area contributed by atoms with Crippen molar-refractivity contribution >= 4 is 44.1 Å². The molecule has 0 saturated carbocycles. The average molecular weight is 598 g/mol. The maximum Gasteiger partial charge on any atom is 0.319 e. The van der Waals surface area contributed by atoms with Crippen LogP contribution in [0.1, 0.15) is 32.1 Å². The molecule has 0 N–H and O–H groups in total. The van der Waals surface area contributed by atoms with Gasteiger partial charge in [-0.25, -0.2) is 4.39 Å². The van der Waals surface area contributed by atoms with Gasteiger partial charge in [0.1, 0.15) is 23.6 Å². The van der Waals surface area contributed by atoms with Gasteiger partial charge in [-0.2, -0.15) is 15.2 Å². The summed E-state index contributed by atoms with van der Waals surface area (Å²) in [4.78, 5) is 32.8. The molecule has 3 fully saturated rings. The summed E-state index contributed by atoms with van der Waals surface area (Å²) in [6.45, 7) is 7.38. The second-order valence-electron chi connectivity index (χ2n) is 11.6. The molecular formula is C32H32FN7O2S. The summed E-state index contributed by atoms with van der Waals surface area (Å²) in [5.74, 6) is -0.249. The Kier molecular flexibility index (Phi) is 7.19. The summed E-state index contributed by atoms with van der Waals surface area (Å²) in [7, 11) is 0. The number of nitriles is 1. The van der Waals surface area contributed by atoms with Crippen LogP contribution in [0.5, 0.6) is 6.01 Å². The number of pyridine rings is 1. The average Bonchev–Trinajstić information content (AvgIpc) is 3.76. The number of carbonyl (C=O) groups is 1. The molecule has 1 aromatic carbocycles. The third-order valence-corrected chi connectivity index (χ3v) is 10.1. The van der Waals surface area contributed by atoms with Crippen molar-refractivity contribution in [2.45, 2.75) is 43.7 Å². The van der Waals surface area contributed by atoms with Crippen LogP contribution in [0.4, 0.5) is 10.2 Å². The summed E-state index contributed by atoms with van der Waals surface area (Å²) in [6.07, 6.45) is 7.47. The van der Waals surface area contributed by atoms with Gasteiger partial charge in [0.25, 0.3) is 0 Å². The van der Waals surface area contributed by atoms with Crippen LogP contribution in [-0.2, 0) is 4.79 Å². The zero-order valence-electron chi connectivity index (χ0n) is 23.8. The number of amides is 1. The minimum absolute atomic E-state index is 0.0242. The Morgan fingerprint density at radius 3 is 2.81 bits per heavy atom. The number of halogens is 1. The van der Waals surface area contributed by atoms with Gasteiger partial charge in [-0.05, 0) is 62.4 Å². The molecule has 11 heteroatoms. The highest BCUT2D eigenvalue weighted by atomic mass is 32.1. The second kappa shape index (κ2) is 11.2. The molecule has 0 spiro atoms. The van der Waals surface area contributed by atoms with Crippen LogP contribution in [0.15, 0.2) is 48.5 Å². The number of hydrogen-bond donors (Lipinski definition) is 0. The van der Waals surface area contributed by atoms with E-state index in [1.807, 2.05) is 34.5 Å². The van der Waals surface area contributed by atoms with Gasteiger partial charge in [0.15, 0.2) is 5.82 Å². The van der Waals surface area contributed by atoms with Crippen molar-refractivity contribution in [2.24, 2.45) is 0 Å². The lowest BCUT2D eigenvalue weighted by atomic mass is 9.95. The molecule has 0 unspecified atom stereocenters. The van der Waals surface area contributed by atoms with Crippen LogP contribution in [0.2, 0.25) is 0 Å². The Morgan fingerprint density at radius 2 is 2.02 bits per heavy atom. The summed E-state index contributed by atoms with van der Waals surface area (Å²) in [5, 5.41) is 12.9. The summed E-state index contributed by atoms with van der Waals surface area (Å²) >= 11 is 1.60. The van der Waals surface area contributed by atoms with Crippen molar-refractivity contribution in [3.8, 4) is 23.3 Å². The van der Waals surface area contributed by atoms with Crippen LogP contribution < -0.4 is 9.64 Å². The lowest BCUT2D eigenvalue weighted by Gasteiger charge is -2.41. The SMILES string of the molecule is C=CC(=O)N1CCN(c2nc(OCC34CCCN3CCC4)nc3c(F)c(-c4cccc5sccc45)ncc23)C[C@@H]1CC#N. The van der Waals surface area contributed by atoms with E-state index in [2.05, 4.69) is 27.5 Å². The number of nitrogens with zero attached hydrogens (tertiary/aromatic N) is 7. The molecule has 4 aromatic rings. The normalized spacial score (nSPS) is 20.0. The fourth-order valence-corrected chi connectivity index (χ4v) is 7.92. The standard InChI is InChI=1S/C32H32FN7O2S/c1-2-26(41)40-16-15-38(19-21(40)8-12-34)30-24-18-35-28(23-6-3-7-25-22(23)9-17-43-25)27(33)29(24)36-31(37-30)42-20-32-10-4-13-39(32)14-5-11-32/h2-3,6-7,9,17-18,21H,1,4-5,8,10-11,13-16,19-20H2/t21-/m0/s1. The first kappa shape index (κ1) is 27.7. The third-order valence-electron chi connectivity index (χ3n) is 9.24. The Morgan fingerprint density at radius 1 is 1.19 bits per heavy atom. The number of anilines is 1. The molecule has 9 nitrogen and oxygen atoms in total. The van der Waals surface area contributed by atoms with Crippen LogP contribution >= 0.6 is 11.3 Å². The van der Waals surface area contributed by atoms with Crippen LogP contribution in [-0.4, -0.2) is 81.6 Å². The predicted molar refractivity (Wildman–Crippen MR) is 165 cm³/mol. The Balaban J connectivity index is 1.31. The number of carbonyl (C=O) groups excluding carboxylic acids is 1. The summed E-state index contributed by atoms with van der Waals surface area (Å²) in [5.41, 5.74) is 1.06. The highest BCUT2D eigenvalue weighted by molar-refractivity contribution is 7.17. The first-order valence-electron chi connectivity index (χ1n) is 14.8. The molecule has 7 rings (SSSR count). The van der Waals surface area contributed by atoms with Crippen molar-refractivity contribution < 1.29 is 13.9 Å². The van der Waals surface area contributed by atoms with E-state index in [9.17, 15) is 10.1 Å². The fourth-order valence-electron chi connectivity index (χ4n) is 7.11. The van der Waals surface area contributed by atoms with E-state index >= 15 is 4.39 Å². The zero-order chi connectivity index (χ0) is 29.6. The number of aromatic nitrogens is 3. The van der Waals surface area contributed by atoms with E-state index in [1.54, 1.807) is 22.4 Å². The number of hydrogen-bond acceptors (Lipinski definition) is 9. The molecule has 220 valence electrons. The smallest absolute Gasteiger partial charge is 0.319 e. The van der Waals surface area contributed by atoms with Gasteiger partial charge >= 0.3 is 6.01 Å². The van der Waals surface area contributed by atoms with Gasteiger partial charge in [0.2, 0.25) is 5.91 Å². The van der Waals surface area contributed by atoms with Gasteiger partial charge in [0, 0.05) is 41.5 Å². The largest absolute Gasteiger partial charge is 0.461 e. The van der Waals surface area contributed by atoms with Gasteiger partial charge in [0.05, 0.1) is 29.5 Å². The molecule has 0 radical (unpaired) electrons.